The molecule has 2 aliphatic rings. The quantitative estimate of drug-likeness (QED) is 0.849. The summed E-state index contributed by atoms with van der Waals surface area (Å²) in [6, 6.07) is 6.20. The van der Waals surface area contributed by atoms with Gasteiger partial charge in [-0.15, -0.1) is 11.3 Å². The van der Waals surface area contributed by atoms with Gasteiger partial charge in [0.25, 0.3) is 0 Å². The van der Waals surface area contributed by atoms with Crippen LogP contribution in [0.25, 0.3) is 11.3 Å². The Bertz CT molecular complexity index is 876. The van der Waals surface area contributed by atoms with Crippen LogP contribution >= 0.6 is 11.3 Å². The van der Waals surface area contributed by atoms with E-state index >= 15 is 0 Å². The van der Waals surface area contributed by atoms with Gasteiger partial charge in [0.1, 0.15) is 0 Å². The van der Waals surface area contributed by atoms with E-state index in [1.54, 1.807) is 0 Å². The van der Waals surface area contributed by atoms with E-state index in [1.807, 2.05) is 24.4 Å². The first-order valence-electron chi connectivity index (χ1n) is 9.01. The van der Waals surface area contributed by atoms with Gasteiger partial charge in [0.2, 0.25) is 5.91 Å². The van der Waals surface area contributed by atoms with Gasteiger partial charge in [-0.3, -0.25) is 9.59 Å². The number of carboxylic acids is 1. The number of nitrogens with zero attached hydrogens (tertiary/aromatic N) is 1. The second-order valence-electron chi connectivity index (χ2n) is 7.57. The first-order valence-corrected chi connectivity index (χ1v) is 9.89. The van der Waals surface area contributed by atoms with Crippen molar-refractivity contribution in [3.63, 3.8) is 0 Å². The number of hydrogen-bond donors (Lipinski definition) is 2. The van der Waals surface area contributed by atoms with Crippen LogP contribution in [0.1, 0.15) is 30.4 Å². The molecule has 2 N–H and O–H groups in total. The standard InChI is InChI=1S/C20H22N2O3S/c1-10-3-6-14(11(2)7-10)15-9-26-20(21-15)22-18(23)16-12-4-5-13(8-12)17(16)19(24)25/h3,6-7,9,12-13,16-17H,4-5,8H2,1-2H3,(H,24,25)(H,21,22,23)/t12-,13+,16+,17+/m0/s1. The van der Waals surface area contributed by atoms with E-state index in [4.69, 9.17) is 0 Å². The molecule has 1 heterocycles. The molecular formula is C20H22N2O3S. The minimum atomic E-state index is -0.840. The number of fused-ring (bicyclic) bond motifs is 2. The molecule has 2 aliphatic carbocycles. The van der Waals surface area contributed by atoms with Gasteiger partial charge < -0.3 is 10.4 Å². The molecule has 2 saturated carbocycles. The predicted molar refractivity (Wildman–Crippen MR) is 101 cm³/mol. The molecule has 1 amide bonds. The second-order valence-corrected chi connectivity index (χ2v) is 8.43. The molecule has 1 aromatic carbocycles. The van der Waals surface area contributed by atoms with E-state index < -0.39 is 17.8 Å². The molecule has 4 atom stereocenters. The SMILES string of the molecule is Cc1ccc(-c2csc(NC(=O)[C@@H]3[C@H]4CC[C@H](C4)[C@H]3C(=O)O)n2)c(C)c1. The fourth-order valence-electron chi connectivity index (χ4n) is 4.77. The zero-order valence-corrected chi connectivity index (χ0v) is 15.7. The number of amides is 1. The van der Waals surface area contributed by atoms with Crippen LogP contribution in [0.4, 0.5) is 5.13 Å². The number of aryl methyl sites for hydroxylation is 2. The number of carbonyl (C=O) groups excluding carboxylic acids is 1. The molecule has 2 bridgehead atoms. The molecule has 0 unspecified atom stereocenters. The van der Waals surface area contributed by atoms with Gasteiger partial charge in [-0.25, -0.2) is 4.98 Å². The minimum absolute atomic E-state index is 0.148. The molecule has 0 aliphatic heterocycles. The molecule has 2 aromatic rings. The molecule has 1 aromatic heterocycles. The van der Waals surface area contributed by atoms with Crippen molar-refractivity contribution >= 4 is 28.3 Å². The Morgan fingerprint density at radius 1 is 1.19 bits per heavy atom. The minimum Gasteiger partial charge on any atom is -0.481 e. The molecular weight excluding hydrogens is 348 g/mol. The molecule has 136 valence electrons. The van der Waals surface area contributed by atoms with Crippen LogP contribution in [0.3, 0.4) is 0 Å². The molecule has 0 radical (unpaired) electrons. The maximum absolute atomic E-state index is 12.8. The topological polar surface area (TPSA) is 79.3 Å². The summed E-state index contributed by atoms with van der Waals surface area (Å²) in [5.41, 5.74) is 4.24. The van der Waals surface area contributed by atoms with Gasteiger partial charge >= 0.3 is 5.97 Å². The van der Waals surface area contributed by atoms with Crippen LogP contribution < -0.4 is 5.32 Å². The van der Waals surface area contributed by atoms with Gasteiger partial charge in [0, 0.05) is 10.9 Å². The molecule has 0 saturated heterocycles. The Morgan fingerprint density at radius 2 is 1.92 bits per heavy atom. The summed E-state index contributed by atoms with van der Waals surface area (Å²) in [5.74, 6) is -1.67. The van der Waals surface area contributed by atoms with E-state index in [0.29, 0.717) is 5.13 Å². The van der Waals surface area contributed by atoms with Crippen molar-refractivity contribution in [2.24, 2.45) is 23.7 Å². The highest BCUT2D eigenvalue weighted by molar-refractivity contribution is 7.14. The number of thiazole rings is 1. The third-order valence-corrected chi connectivity index (χ3v) is 6.65. The molecule has 0 spiro atoms. The monoisotopic (exact) mass is 370 g/mol. The number of hydrogen-bond acceptors (Lipinski definition) is 4. The van der Waals surface area contributed by atoms with Crippen molar-refractivity contribution in [3.05, 3.63) is 34.7 Å². The van der Waals surface area contributed by atoms with Crippen molar-refractivity contribution in [1.82, 2.24) is 4.98 Å². The van der Waals surface area contributed by atoms with Gasteiger partial charge in [-0.1, -0.05) is 23.8 Å². The molecule has 5 nitrogen and oxygen atoms in total. The number of aromatic nitrogens is 1. The van der Waals surface area contributed by atoms with Crippen LogP contribution in [-0.4, -0.2) is 22.0 Å². The van der Waals surface area contributed by atoms with E-state index in [9.17, 15) is 14.7 Å². The molecule has 4 rings (SSSR count). The number of benzene rings is 1. The number of carboxylic acid groups (broad SMARTS) is 1. The Morgan fingerprint density at radius 3 is 2.62 bits per heavy atom. The lowest BCUT2D eigenvalue weighted by Gasteiger charge is -2.26. The van der Waals surface area contributed by atoms with Gasteiger partial charge in [0.15, 0.2) is 5.13 Å². The third-order valence-electron chi connectivity index (χ3n) is 5.90. The average Bonchev–Trinajstić information content (AvgIpc) is 3.29. The summed E-state index contributed by atoms with van der Waals surface area (Å²) in [4.78, 5) is 28.9. The lowest BCUT2D eigenvalue weighted by atomic mass is 9.79. The van der Waals surface area contributed by atoms with Gasteiger partial charge in [-0.2, -0.15) is 0 Å². The first-order chi connectivity index (χ1) is 12.4. The summed E-state index contributed by atoms with van der Waals surface area (Å²) >= 11 is 1.38. The predicted octanol–water partition coefficient (Wildman–Crippen LogP) is 4.11. The average molecular weight is 370 g/mol. The van der Waals surface area contributed by atoms with Crippen LogP contribution in [0, 0.1) is 37.5 Å². The van der Waals surface area contributed by atoms with E-state index in [-0.39, 0.29) is 17.7 Å². The van der Waals surface area contributed by atoms with Crippen molar-refractivity contribution in [1.29, 1.82) is 0 Å². The molecule has 2 fully saturated rings. The zero-order valence-electron chi connectivity index (χ0n) is 14.9. The maximum atomic E-state index is 12.8. The Labute approximate surface area is 156 Å². The Kier molecular flexibility index (Phi) is 4.31. The van der Waals surface area contributed by atoms with Crippen molar-refractivity contribution in [2.75, 3.05) is 5.32 Å². The van der Waals surface area contributed by atoms with E-state index in [1.165, 1.54) is 16.9 Å². The van der Waals surface area contributed by atoms with Crippen LogP contribution in [0.5, 0.6) is 0 Å². The van der Waals surface area contributed by atoms with Crippen LogP contribution in [-0.2, 0) is 9.59 Å². The van der Waals surface area contributed by atoms with Crippen LogP contribution in [0.2, 0.25) is 0 Å². The number of aliphatic carboxylic acids is 1. The van der Waals surface area contributed by atoms with Crippen LogP contribution in [0.15, 0.2) is 23.6 Å². The smallest absolute Gasteiger partial charge is 0.307 e. The summed E-state index contributed by atoms with van der Waals surface area (Å²) in [5, 5.41) is 14.9. The van der Waals surface area contributed by atoms with E-state index in [2.05, 4.69) is 23.3 Å². The number of carbonyl (C=O) groups is 2. The summed E-state index contributed by atoms with van der Waals surface area (Å²) in [6.45, 7) is 4.10. The largest absolute Gasteiger partial charge is 0.481 e. The fourth-order valence-corrected chi connectivity index (χ4v) is 5.48. The highest BCUT2D eigenvalue weighted by Gasteiger charge is 2.54. The summed E-state index contributed by atoms with van der Waals surface area (Å²) in [7, 11) is 0. The summed E-state index contributed by atoms with van der Waals surface area (Å²) in [6.07, 6.45) is 2.75. The van der Waals surface area contributed by atoms with Crippen molar-refractivity contribution in [3.8, 4) is 11.3 Å². The maximum Gasteiger partial charge on any atom is 0.307 e. The number of nitrogens with one attached hydrogen (secondary N) is 1. The third kappa shape index (κ3) is 2.92. The van der Waals surface area contributed by atoms with Gasteiger partial charge in [-0.05, 0) is 50.5 Å². The van der Waals surface area contributed by atoms with Crippen molar-refractivity contribution < 1.29 is 14.7 Å². The summed E-state index contributed by atoms with van der Waals surface area (Å²) < 4.78 is 0. The highest BCUT2D eigenvalue weighted by Crippen LogP contribution is 2.52. The normalized spacial score (nSPS) is 26.8. The second kappa shape index (κ2) is 6.50. The lowest BCUT2D eigenvalue weighted by molar-refractivity contribution is -0.148. The number of anilines is 1. The van der Waals surface area contributed by atoms with Gasteiger partial charge in [0.05, 0.1) is 17.5 Å². The first kappa shape index (κ1) is 17.2. The number of rotatable bonds is 4. The zero-order chi connectivity index (χ0) is 18.4. The molecule has 26 heavy (non-hydrogen) atoms. The van der Waals surface area contributed by atoms with Crippen molar-refractivity contribution in [2.45, 2.75) is 33.1 Å². The molecule has 6 heteroatoms. The lowest BCUT2D eigenvalue weighted by Crippen LogP contribution is -2.37. The Balaban J connectivity index is 1.52. The van der Waals surface area contributed by atoms with E-state index in [0.717, 1.165) is 36.1 Å². The highest BCUT2D eigenvalue weighted by atomic mass is 32.1. The fraction of sp³-hybridized carbons (Fsp3) is 0.450. The Hall–Kier alpha value is -2.21.